The number of carbonyl (C=O) groups excluding carboxylic acids is 1. The van der Waals surface area contributed by atoms with Gasteiger partial charge in [-0.05, 0) is 41.8 Å². The van der Waals surface area contributed by atoms with Gasteiger partial charge in [0, 0.05) is 30.5 Å². The maximum atomic E-state index is 12.3. The molecule has 1 aromatic heterocycles. The van der Waals surface area contributed by atoms with Gasteiger partial charge in [-0.3, -0.25) is 9.59 Å². The summed E-state index contributed by atoms with van der Waals surface area (Å²) in [7, 11) is 0. The molecule has 0 spiro atoms. The Labute approximate surface area is 226 Å². The van der Waals surface area contributed by atoms with Crippen LogP contribution in [0.3, 0.4) is 0 Å². The molecule has 4 aromatic rings. The van der Waals surface area contributed by atoms with Gasteiger partial charge in [0.05, 0.1) is 42.7 Å². The van der Waals surface area contributed by atoms with Gasteiger partial charge < -0.3 is 29.6 Å². The third-order valence-corrected chi connectivity index (χ3v) is 6.78. The highest BCUT2D eigenvalue weighted by Gasteiger charge is 2.32. The van der Waals surface area contributed by atoms with Crippen LogP contribution in [0.1, 0.15) is 54.8 Å². The van der Waals surface area contributed by atoms with E-state index in [0.717, 1.165) is 27.7 Å². The van der Waals surface area contributed by atoms with Crippen LogP contribution in [0.5, 0.6) is 0 Å². The number of benzene rings is 3. The minimum Gasteiger partial charge on any atom is -0.481 e. The Morgan fingerprint density at radius 1 is 0.974 bits per heavy atom. The standard InChI is InChI=1S/C30H31N3O6/c34-18-20-11-13-21(14-12-20)27-16-24(17-33-19-31-25-7-1-2-8-26(25)33)38-30(39-27)22-5-3-6-23(15-22)32-28(35)9-4-10-29(36)37/h1-3,5-8,11-15,19,24,27,30,34H,4,9-10,16-18H2,(H,32,35)(H,36,37)/t24-,27+,30+/m1/s1. The van der Waals surface area contributed by atoms with Crippen LogP contribution >= 0.6 is 0 Å². The molecule has 0 saturated carbocycles. The number of aromatic nitrogens is 2. The molecule has 1 fully saturated rings. The molecule has 1 saturated heterocycles. The Kier molecular flexibility index (Phi) is 8.31. The number of carboxylic acid groups (broad SMARTS) is 1. The SMILES string of the molecule is O=C(O)CCCC(=O)Nc1cccc([C@H]2O[C@@H](Cn3cnc4ccccc43)C[C@@H](c3ccc(CO)cc3)O2)c1. The Morgan fingerprint density at radius 2 is 1.79 bits per heavy atom. The summed E-state index contributed by atoms with van der Waals surface area (Å²) in [5.74, 6) is -1.17. The van der Waals surface area contributed by atoms with Crippen molar-refractivity contribution in [2.24, 2.45) is 0 Å². The zero-order valence-corrected chi connectivity index (χ0v) is 21.4. The van der Waals surface area contributed by atoms with E-state index in [1.54, 1.807) is 6.07 Å². The Bertz CT molecular complexity index is 1430. The number of hydrogen-bond donors (Lipinski definition) is 3. The normalized spacial score (nSPS) is 19.2. The summed E-state index contributed by atoms with van der Waals surface area (Å²) in [4.78, 5) is 27.6. The number of imidazole rings is 1. The van der Waals surface area contributed by atoms with E-state index < -0.39 is 12.3 Å². The summed E-state index contributed by atoms with van der Waals surface area (Å²) in [6, 6.07) is 23.0. The number of aliphatic hydroxyl groups excluding tert-OH is 1. The van der Waals surface area contributed by atoms with Gasteiger partial charge in [0.2, 0.25) is 5.91 Å². The van der Waals surface area contributed by atoms with Crippen molar-refractivity contribution in [3.8, 4) is 0 Å². The lowest BCUT2D eigenvalue weighted by Crippen LogP contribution is -2.32. The highest BCUT2D eigenvalue weighted by Crippen LogP contribution is 2.39. The van der Waals surface area contributed by atoms with Crippen molar-refractivity contribution in [1.29, 1.82) is 0 Å². The van der Waals surface area contributed by atoms with Crippen LogP contribution in [0.4, 0.5) is 5.69 Å². The summed E-state index contributed by atoms with van der Waals surface area (Å²) in [6.45, 7) is 0.564. The van der Waals surface area contributed by atoms with E-state index in [0.29, 0.717) is 18.7 Å². The summed E-state index contributed by atoms with van der Waals surface area (Å²) >= 11 is 0. The Hall–Kier alpha value is -4.05. The number of anilines is 1. The number of ether oxygens (including phenoxy) is 2. The molecule has 3 aromatic carbocycles. The van der Waals surface area contributed by atoms with Crippen molar-refractivity contribution in [3.63, 3.8) is 0 Å². The van der Waals surface area contributed by atoms with Gasteiger partial charge in [-0.15, -0.1) is 0 Å². The maximum Gasteiger partial charge on any atom is 0.303 e. The molecule has 3 atom stereocenters. The van der Waals surface area contributed by atoms with Crippen LogP contribution in [-0.2, 0) is 32.2 Å². The van der Waals surface area contributed by atoms with Crippen molar-refractivity contribution in [3.05, 3.63) is 95.8 Å². The fraction of sp³-hybridized carbons (Fsp3) is 0.300. The number of carbonyl (C=O) groups is 2. The highest BCUT2D eigenvalue weighted by atomic mass is 16.7. The first kappa shape index (κ1) is 26.6. The predicted molar refractivity (Wildman–Crippen MR) is 145 cm³/mol. The van der Waals surface area contributed by atoms with Crippen molar-refractivity contribution in [2.75, 3.05) is 5.32 Å². The molecule has 1 aliphatic heterocycles. The third-order valence-electron chi connectivity index (χ3n) is 6.78. The summed E-state index contributed by atoms with van der Waals surface area (Å²) < 4.78 is 15.0. The van der Waals surface area contributed by atoms with E-state index in [1.807, 2.05) is 73.1 Å². The minimum absolute atomic E-state index is 0.0251. The number of amides is 1. The van der Waals surface area contributed by atoms with Crippen LogP contribution in [0, 0.1) is 0 Å². The van der Waals surface area contributed by atoms with E-state index in [4.69, 9.17) is 14.6 Å². The fourth-order valence-electron chi connectivity index (χ4n) is 4.79. The molecule has 5 rings (SSSR count). The summed E-state index contributed by atoms with van der Waals surface area (Å²) in [5, 5.41) is 21.1. The number of nitrogens with zero attached hydrogens (tertiary/aromatic N) is 2. The van der Waals surface area contributed by atoms with Crippen LogP contribution in [0.25, 0.3) is 11.0 Å². The zero-order chi connectivity index (χ0) is 27.2. The van der Waals surface area contributed by atoms with E-state index in [1.165, 1.54) is 0 Å². The van der Waals surface area contributed by atoms with Crippen LogP contribution in [-0.4, -0.2) is 37.7 Å². The average molecular weight is 530 g/mol. The number of aliphatic carboxylic acids is 1. The Balaban J connectivity index is 1.36. The van der Waals surface area contributed by atoms with Gasteiger partial charge >= 0.3 is 5.97 Å². The second kappa shape index (κ2) is 12.2. The van der Waals surface area contributed by atoms with Gasteiger partial charge in [0.25, 0.3) is 0 Å². The first-order valence-electron chi connectivity index (χ1n) is 13.0. The quantitative estimate of drug-likeness (QED) is 0.265. The van der Waals surface area contributed by atoms with Gasteiger partial charge in [-0.25, -0.2) is 4.98 Å². The average Bonchev–Trinajstić information content (AvgIpc) is 3.35. The molecule has 0 radical (unpaired) electrons. The predicted octanol–water partition coefficient (Wildman–Crippen LogP) is 4.97. The number of fused-ring (bicyclic) bond motifs is 1. The van der Waals surface area contributed by atoms with Crippen LogP contribution in [0.2, 0.25) is 0 Å². The lowest BCUT2D eigenvalue weighted by Gasteiger charge is -2.36. The number of carboxylic acids is 1. The Morgan fingerprint density at radius 3 is 2.59 bits per heavy atom. The maximum absolute atomic E-state index is 12.3. The lowest BCUT2D eigenvalue weighted by atomic mass is 10.00. The van der Waals surface area contributed by atoms with E-state index in [9.17, 15) is 14.7 Å². The number of aliphatic hydroxyl groups is 1. The first-order valence-corrected chi connectivity index (χ1v) is 13.0. The number of rotatable bonds is 10. The smallest absolute Gasteiger partial charge is 0.303 e. The largest absolute Gasteiger partial charge is 0.481 e. The second-order valence-electron chi connectivity index (χ2n) is 9.66. The van der Waals surface area contributed by atoms with Crippen molar-refractivity contribution in [2.45, 2.75) is 57.3 Å². The minimum atomic E-state index is -0.921. The molecule has 202 valence electrons. The highest BCUT2D eigenvalue weighted by molar-refractivity contribution is 5.91. The topological polar surface area (TPSA) is 123 Å². The van der Waals surface area contributed by atoms with Gasteiger partial charge in [0.15, 0.2) is 6.29 Å². The molecule has 3 N–H and O–H groups in total. The second-order valence-corrected chi connectivity index (χ2v) is 9.66. The summed E-state index contributed by atoms with van der Waals surface area (Å²) in [6.07, 6.45) is 1.70. The monoisotopic (exact) mass is 529 g/mol. The molecule has 2 heterocycles. The molecule has 9 heteroatoms. The number of hydrogen-bond acceptors (Lipinski definition) is 6. The van der Waals surface area contributed by atoms with Crippen LogP contribution in [0.15, 0.2) is 79.1 Å². The van der Waals surface area contributed by atoms with Crippen molar-refractivity contribution >= 4 is 28.6 Å². The molecule has 39 heavy (non-hydrogen) atoms. The van der Waals surface area contributed by atoms with E-state index >= 15 is 0 Å². The van der Waals surface area contributed by atoms with Crippen molar-refractivity contribution < 1.29 is 29.3 Å². The van der Waals surface area contributed by atoms with Gasteiger partial charge in [-0.1, -0.05) is 48.5 Å². The third kappa shape index (κ3) is 6.69. The lowest BCUT2D eigenvalue weighted by molar-refractivity contribution is -0.252. The zero-order valence-electron chi connectivity index (χ0n) is 21.4. The number of nitrogens with one attached hydrogen (secondary N) is 1. The van der Waals surface area contributed by atoms with Crippen molar-refractivity contribution in [1.82, 2.24) is 9.55 Å². The van der Waals surface area contributed by atoms with E-state index in [-0.39, 0.29) is 44.0 Å². The molecule has 0 unspecified atom stereocenters. The summed E-state index contributed by atoms with van der Waals surface area (Å²) in [5.41, 5.74) is 5.12. The van der Waals surface area contributed by atoms with Gasteiger partial charge in [-0.2, -0.15) is 0 Å². The molecule has 9 nitrogen and oxygen atoms in total. The molecule has 0 bridgehead atoms. The van der Waals surface area contributed by atoms with Gasteiger partial charge in [0.1, 0.15) is 0 Å². The fourth-order valence-corrected chi connectivity index (χ4v) is 4.79. The van der Waals surface area contributed by atoms with E-state index in [2.05, 4.69) is 14.9 Å². The molecule has 1 amide bonds. The number of para-hydroxylation sites is 2. The van der Waals surface area contributed by atoms with Crippen LogP contribution < -0.4 is 5.32 Å². The molecule has 1 aliphatic rings. The first-order chi connectivity index (χ1) is 19.0. The molecular formula is C30H31N3O6. The molecule has 0 aliphatic carbocycles. The molecular weight excluding hydrogens is 498 g/mol.